The van der Waals surface area contributed by atoms with E-state index in [2.05, 4.69) is 5.10 Å². The van der Waals surface area contributed by atoms with E-state index >= 15 is 0 Å². The summed E-state index contributed by atoms with van der Waals surface area (Å²) >= 11 is 0. The van der Waals surface area contributed by atoms with Crippen molar-refractivity contribution >= 4 is 17.8 Å². The first-order valence-electron chi connectivity index (χ1n) is 8.61. The van der Waals surface area contributed by atoms with Gasteiger partial charge in [-0.15, -0.1) is 0 Å². The van der Waals surface area contributed by atoms with Crippen LogP contribution in [0.1, 0.15) is 43.0 Å². The molecule has 1 aromatic heterocycles. The highest BCUT2D eigenvalue weighted by Gasteiger charge is 2.44. The molecule has 2 amide bonds. The van der Waals surface area contributed by atoms with Crippen LogP contribution in [0.15, 0.2) is 12.4 Å². The predicted molar refractivity (Wildman–Crippen MR) is 88.8 cm³/mol. The summed E-state index contributed by atoms with van der Waals surface area (Å²) in [6, 6.07) is -0.806. The minimum absolute atomic E-state index is 0.0226. The van der Waals surface area contributed by atoms with Crippen molar-refractivity contribution in [3.05, 3.63) is 18.0 Å². The summed E-state index contributed by atoms with van der Waals surface area (Å²) in [5, 5.41) is 13.3. The highest BCUT2D eigenvalue weighted by molar-refractivity contribution is 5.93. The zero-order chi connectivity index (χ0) is 18.2. The molecule has 0 aliphatic carbocycles. The SMILES string of the molecule is C[C@H](C(=O)O)N1CC2(CCC1=O)CCN(C(=O)c1cnn(C)c1)CC2. The lowest BCUT2D eigenvalue weighted by Gasteiger charge is -2.48. The molecule has 0 aromatic carbocycles. The fraction of sp³-hybridized carbons (Fsp3) is 0.647. The smallest absolute Gasteiger partial charge is 0.326 e. The third kappa shape index (κ3) is 3.38. The molecule has 0 saturated carbocycles. The van der Waals surface area contributed by atoms with E-state index in [0.29, 0.717) is 31.6 Å². The first-order chi connectivity index (χ1) is 11.8. The molecule has 3 rings (SSSR count). The highest BCUT2D eigenvalue weighted by Crippen LogP contribution is 2.41. The summed E-state index contributed by atoms with van der Waals surface area (Å²) in [5.41, 5.74) is 0.502. The predicted octanol–water partition coefficient (Wildman–Crippen LogP) is 0.738. The molecule has 136 valence electrons. The molecule has 0 unspecified atom stereocenters. The molecule has 8 nitrogen and oxygen atoms in total. The first kappa shape index (κ1) is 17.4. The van der Waals surface area contributed by atoms with E-state index < -0.39 is 12.0 Å². The number of amides is 2. The molecule has 3 heterocycles. The van der Waals surface area contributed by atoms with Crippen LogP contribution in [0.2, 0.25) is 0 Å². The molecule has 1 spiro atoms. The molecular weight excluding hydrogens is 324 g/mol. The van der Waals surface area contributed by atoms with Gasteiger partial charge in [-0.1, -0.05) is 0 Å². The van der Waals surface area contributed by atoms with Crippen LogP contribution in [0.3, 0.4) is 0 Å². The molecule has 0 radical (unpaired) electrons. The molecule has 1 atom stereocenters. The van der Waals surface area contributed by atoms with Gasteiger partial charge in [0.05, 0.1) is 11.8 Å². The van der Waals surface area contributed by atoms with Crippen LogP contribution in [0.4, 0.5) is 0 Å². The van der Waals surface area contributed by atoms with Crippen LogP contribution in [-0.2, 0) is 16.6 Å². The molecular formula is C17H24N4O4. The lowest BCUT2D eigenvalue weighted by Crippen LogP contribution is -2.55. The van der Waals surface area contributed by atoms with Gasteiger partial charge < -0.3 is 14.9 Å². The third-order valence-electron chi connectivity index (χ3n) is 5.58. The van der Waals surface area contributed by atoms with Gasteiger partial charge >= 0.3 is 5.97 Å². The van der Waals surface area contributed by atoms with Crippen LogP contribution in [0.25, 0.3) is 0 Å². The van der Waals surface area contributed by atoms with E-state index in [1.807, 2.05) is 4.90 Å². The molecule has 0 bridgehead atoms. The molecule has 2 fully saturated rings. The summed E-state index contributed by atoms with van der Waals surface area (Å²) in [6.07, 6.45) is 6.01. The molecule has 2 aliphatic heterocycles. The van der Waals surface area contributed by atoms with Gasteiger partial charge in [-0.3, -0.25) is 14.3 Å². The summed E-state index contributed by atoms with van der Waals surface area (Å²) in [7, 11) is 1.78. The fourth-order valence-corrected chi connectivity index (χ4v) is 3.84. The van der Waals surface area contributed by atoms with E-state index in [9.17, 15) is 19.5 Å². The maximum Gasteiger partial charge on any atom is 0.326 e. The average Bonchev–Trinajstić information content (AvgIpc) is 3.03. The Morgan fingerprint density at radius 3 is 2.52 bits per heavy atom. The van der Waals surface area contributed by atoms with Gasteiger partial charge in [0, 0.05) is 39.3 Å². The Bertz CT molecular complexity index is 691. The molecule has 8 heteroatoms. The van der Waals surface area contributed by atoms with Gasteiger partial charge in [-0.25, -0.2) is 4.79 Å². The number of carbonyl (C=O) groups is 3. The van der Waals surface area contributed by atoms with Crippen LogP contribution in [-0.4, -0.2) is 68.1 Å². The van der Waals surface area contributed by atoms with Crippen LogP contribution < -0.4 is 0 Å². The van der Waals surface area contributed by atoms with Gasteiger partial charge in [0.1, 0.15) is 6.04 Å². The molecule has 2 saturated heterocycles. The number of nitrogens with zero attached hydrogens (tertiary/aromatic N) is 4. The van der Waals surface area contributed by atoms with E-state index in [-0.39, 0.29) is 17.2 Å². The summed E-state index contributed by atoms with van der Waals surface area (Å²) < 4.78 is 1.61. The van der Waals surface area contributed by atoms with Gasteiger partial charge in [0.15, 0.2) is 0 Å². The van der Waals surface area contributed by atoms with E-state index in [0.717, 1.165) is 19.3 Å². The molecule has 1 N–H and O–H groups in total. The topological polar surface area (TPSA) is 95.7 Å². The average molecular weight is 348 g/mol. The summed E-state index contributed by atoms with van der Waals surface area (Å²) in [6.45, 7) is 3.27. The highest BCUT2D eigenvalue weighted by atomic mass is 16.4. The lowest BCUT2D eigenvalue weighted by molar-refractivity contribution is -0.154. The van der Waals surface area contributed by atoms with Gasteiger partial charge in [-0.05, 0) is 31.6 Å². The monoisotopic (exact) mass is 348 g/mol. The number of carboxylic acids is 1. The number of aromatic nitrogens is 2. The van der Waals surface area contributed by atoms with Crippen molar-refractivity contribution in [2.24, 2.45) is 12.5 Å². The Morgan fingerprint density at radius 2 is 1.96 bits per heavy atom. The van der Waals surface area contributed by atoms with Crippen LogP contribution >= 0.6 is 0 Å². The largest absolute Gasteiger partial charge is 0.480 e. The first-order valence-corrected chi connectivity index (χ1v) is 8.61. The van der Waals surface area contributed by atoms with Crippen molar-refractivity contribution < 1.29 is 19.5 Å². The van der Waals surface area contributed by atoms with E-state index in [1.54, 1.807) is 31.0 Å². The number of likely N-dealkylation sites (tertiary alicyclic amines) is 2. The Kier molecular flexibility index (Phi) is 4.53. The van der Waals surface area contributed by atoms with Crippen molar-refractivity contribution in [3.63, 3.8) is 0 Å². The van der Waals surface area contributed by atoms with Crippen LogP contribution in [0.5, 0.6) is 0 Å². The number of carboxylic acid groups (broad SMARTS) is 1. The van der Waals surface area contributed by atoms with E-state index in [1.165, 1.54) is 4.90 Å². The Morgan fingerprint density at radius 1 is 1.28 bits per heavy atom. The minimum atomic E-state index is -0.977. The van der Waals surface area contributed by atoms with Crippen molar-refractivity contribution in [3.8, 4) is 0 Å². The number of rotatable bonds is 3. The molecule has 1 aromatic rings. The minimum Gasteiger partial charge on any atom is -0.480 e. The molecule has 25 heavy (non-hydrogen) atoms. The van der Waals surface area contributed by atoms with Crippen molar-refractivity contribution in [2.75, 3.05) is 19.6 Å². The Labute approximate surface area is 146 Å². The zero-order valence-corrected chi connectivity index (χ0v) is 14.6. The van der Waals surface area contributed by atoms with Crippen molar-refractivity contribution in [2.45, 2.75) is 38.6 Å². The third-order valence-corrected chi connectivity index (χ3v) is 5.58. The number of hydrogen-bond acceptors (Lipinski definition) is 4. The fourth-order valence-electron chi connectivity index (χ4n) is 3.84. The number of hydrogen-bond donors (Lipinski definition) is 1. The Hall–Kier alpha value is -2.38. The second kappa shape index (κ2) is 6.50. The maximum absolute atomic E-state index is 12.5. The van der Waals surface area contributed by atoms with Gasteiger partial charge in [0.25, 0.3) is 5.91 Å². The standard InChI is InChI=1S/C17H24N4O4/c1-12(16(24)25)21-11-17(4-3-14(21)22)5-7-20(8-6-17)15(23)13-9-18-19(2)10-13/h9-10,12H,3-8,11H2,1-2H3,(H,24,25)/t12-/m1/s1. The number of carbonyl (C=O) groups excluding carboxylic acids is 2. The second-order valence-corrected chi connectivity index (χ2v) is 7.23. The second-order valence-electron chi connectivity index (χ2n) is 7.23. The normalized spacial score (nSPS) is 21.4. The van der Waals surface area contributed by atoms with Gasteiger partial charge in [-0.2, -0.15) is 5.10 Å². The number of piperidine rings is 2. The zero-order valence-electron chi connectivity index (χ0n) is 14.6. The number of aryl methyl sites for hydroxylation is 1. The Balaban J connectivity index is 1.65. The summed E-state index contributed by atoms with van der Waals surface area (Å²) in [4.78, 5) is 39.2. The number of aliphatic carboxylic acids is 1. The van der Waals surface area contributed by atoms with E-state index in [4.69, 9.17) is 0 Å². The lowest BCUT2D eigenvalue weighted by atomic mass is 9.72. The van der Waals surface area contributed by atoms with Crippen molar-refractivity contribution in [1.29, 1.82) is 0 Å². The summed E-state index contributed by atoms with van der Waals surface area (Å²) in [5.74, 6) is -1.09. The molecule has 2 aliphatic rings. The quantitative estimate of drug-likeness (QED) is 0.869. The van der Waals surface area contributed by atoms with Gasteiger partial charge in [0.2, 0.25) is 5.91 Å². The van der Waals surface area contributed by atoms with Crippen molar-refractivity contribution in [1.82, 2.24) is 19.6 Å². The van der Waals surface area contributed by atoms with Crippen LogP contribution in [0, 0.1) is 5.41 Å². The maximum atomic E-state index is 12.5.